The first-order chi connectivity index (χ1) is 14.1. The van der Waals surface area contributed by atoms with Gasteiger partial charge in [0, 0.05) is 16.7 Å². The summed E-state index contributed by atoms with van der Waals surface area (Å²) < 4.78 is -0.665. The van der Waals surface area contributed by atoms with Gasteiger partial charge in [-0.15, -0.1) is 0 Å². The van der Waals surface area contributed by atoms with Crippen molar-refractivity contribution >= 4 is 39.4 Å². The van der Waals surface area contributed by atoms with E-state index in [1.54, 1.807) is 18.2 Å². The average Bonchev–Trinajstić information content (AvgIpc) is 2.73. The molecular formula is C21H21BrN2O6. The zero-order chi connectivity index (χ0) is 22.6. The van der Waals surface area contributed by atoms with Crippen LogP contribution in [0.2, 0.25) is 0 Å². The van der Waals surface area contributed by atoms with E-state index in [4.69, 9.17) is 5.73 Å². The molecule has 158 valence electrons. The number of primary amides is 1. The van der Waals surface area contributed by atoms with Crippen LogP contribution in [0.15, 0.2) is 36.4 Å². The number of imide groups is 1. The number of alkyl halides is 1. The van der Waals surface area contributed by atoms with Crippen molar-refractivity contribution in [1.82, 2.24) is 5.32 Å². The molecule has 0 spiro atoms. The van der Waals surface area contributed by atoms with E-state index in [0.717, 1.165) is 0 Å². The fourth-order valence-corrected chi connectivity index (χ4v) is 3.05. The summed E-state index contributed by atoms with van der Waals surface area (Å²) >= 11 is 3.26. The number of fused-ring (bicyclic) bond motifs is 2. The van der Waals surface area contributed by atoms with Gasteiger partial charge in [-0.3, -0.25) is 19.7 Å². The van der Waals surface area contributed by atoms with Gasteiger partial charge in [-0.2, -0.15) is 0 Å². The number of nitrogens with one attached hydrogen (secondary N) is 1. The maximum atomic E-state index is 12.2. The van der Waals surface area contributed by atoms with Crippen LogP contribution in [0.25, 0.3) is 0 Å². The normalized spacial score (nSPS) is 12.2. The summed E-state index contributed by atoms with van der Waals surface area (Å²) in [6.45, 7) is 3.72. The van der Waals surface area contributed by atoms with Crippen LogP contribution >= 0.6 is 15.9 Å². The molecule has 2 aromatic carbocycles. The molecular weight excluding hydrogens is 456 g/mol. The molecule has 1 aliphatic rings. The number of ketones is 2. The van der Waals surface area contributed by atoms with Crippen LogP contribution in [-0.2, 0) is 4.79 Å². The van der Waals surface area contributed by atoms with Gasteiger partial charge < -0.3 is 15.9 Å². The van der Waals surface area contributed by atoms with Crippen molar-refractivity contribution in [3.05, 3.63) is 58.7 Å². The smallest absolute Gasteiger partial charge is 0.318 e. The van der Waals surface area contributed by atoms with E-state index in [1.807, 2.05) is 19.2 Å². The fourth-order valence-electron chi connectivity index (χ4n) is 2.95. The van der Waals surface area contributed by atoms with Crippen LogP contribution < -0.4 is 11.1 Å². The molecule has 3 rings (SSSR count). The monoisotopic (exact) mass is 476 g/mol. The molecule has 0 bridgehead atoms. The van der Waals surface area contributed by atoms with Gasteiger partial charge in [0.1, 0.15) is 4.32 Å². The molecule has 0 fully saturated rings. The highest BCUT2D eigenvalue weighted by molar-refractivity contribution is 9.10. The number of carbonyl (C=O) groups is 4. The van der Waals surface area contributed by atoms with E-state index in [9.17, 15) is 29.4 Å². The second-order valence-corrected chi connectivity index (χ2v) is 8.07. The molecule has 0 aliphatic heterocycles. The predicted octanol–water partition coefficient (Wildman–Crippen LogP) is 3.01. The Balaban J connectivity index is 0.000000235. The number of phenols is 2. The molecule has 0 unspecified atom stereocenters. The maximum absolute atomic E-state index is 12.2. The molecule has 0 aromatic heterocycles. The van der Waals surface area contributed by atoms with Crippen LogP contribution in [0.3, 0.4) is 0 Å². The predicted molar refractivity (Wildman–Crippen MR) is 113 cm³/mol. The van der Waals surface area contributed by atoms with Gasteiger partial charge in [0.15, 0.2) is 23.1 Å². The second-order valence-electron chi connectivity index (χ2n) is 6.55. The number of amides is 3. The van der Waals surface area contributed by atoms with Crippen LogP contribution in [0.4, 0.5) is 4.79 Å². The van der Waals surface area contributed by atoms with E-state index < -0.39 is 27.6 Å². The van der Waals surface area contributed by atoms with Crippen LogP contribution in [-0.4, -0.2) is 38.0 Å². The number of urea groups is 1. The number of nitrogens with two attached hydrogens (primary N) is 1. The fraction of sp³-hybridized carbons (Fsp3) is 0.238. The molecule has 0 saturated carbocycles. The van der Waals surface area contributed by atoms with E-state index >= 15 is 0 Å². The highest BCUT2D eigenvalue weighted by Crippen LogP contribution is 2.37. The first kappa shape index (κ1) is 23.1. The molecule has 0 saturated heterocycles. The Morgan fingerprint density at radius 3 is 2.00 bits per heavy atom. The lowest BCUT2D eigenvalue weighted by Crippen LogP contribution is -2.46. The zero-order valence-corrected chi connectivity index (χ0v) is 17.9. The first-order valence-corrected chi connectivity index (χ1v) is 9.89. The standard InChI is InChI=1S/C14H8O4.C7H13BrN2O2/c15-10-6-5-9-11(14(10)18)13(17)8-4-2-1-3-7(8)12(9)16;1-3-7(8,4-2)5(11)10-6(9)12/h1-6,15,18H;3-4H2,1-2H3,(H3,9,10,11,12). The molecule has 3 amide bonds. The number of halogens is 1. The number of hydrogen-bond acceptors (Lipinski definition) is 6. The first-order valence-electron chi connectivity index (χ1n) is 9.10. The van der Waals surface area contributed by atoms with Gasteiger partial charge in [0.2, 0.25) is 5.91 Å². The third-order valence-electron chi connectivity index (χ3n) is 4.81. The van der Waals surface area contributed by atoms with Crippen molar-refractivity contribution in [2.75, 3.05) is 0 Å². The summed E-state index contributed by atoms with van der Waals surface area (Å²) in [7, 11) is 0. The van der Waals surface area contributed by atoms with E-state index in [2.05, 4.69) is 15.9 Å². The molecule has 2 aromatic rings. The van der Waals surface area contributed by atoms with Crippen molar-refractivity contribution in [2.45, 2.75) is 31.0 Å². The Bertz CT molecular complexity index is 1030. The van der Waals surface area contributed by atoms with Crippen molar-refractivity contribution in [3.63, 3.8) is 0 Å². The number of benzene rings is 2. The summed E-state index contributed by atoms with van der Waals surface area (Å²) in [5.41, 5.74) is 5.37. The average molecular weight is 477 g/mol. The minimum Gasteiger partial charge on any atom is -0.504 e. The molecule has 8 nitrogen and oxygen atoms in total. The zero-order valence-electron chi connectivity index (χ0n) is 16.4. The van der Waals surface area contributed by atoms with Gasteiger partial charge in [0.25, 0.3) is 0 Å². The Kier molecular flexibility index (Phi) is 6.99. The van der Waals surface area contributed by atoms with E-state index in [0.29, 0.717) is 18.4 Å². The quantitative estimate of drug-likeness (QED) is 0.337. The van der Waals surface area contributed by atoms with Crippen LogP contribution in [0.5, 0.6) is 11.5 Å². The molecule has 30 heavy (non-hydrogen) atoms. The number of aromatic hydroxyl groups is 2. The Morgan fingerprint density at radius 2 is 1.50 bits per heavy atom. The Morgan fingerprint density at radius 1 is 0.967 bits per heavy atom. The summed E-state index contributed by atoms with van der Waals surface area (Å²) in [4.78, 5) is 46.0. The Hall–Kier alpha value is -3.20. The minimum absolute atomic E-state index is 0.119. The summed E-state index contributed by atoms with van der Waals surface area (Å²) in [5.74, 6) is -2.10. The summed E-state index contributed by atoms with van der Waals surface area (Å²) in [6.07, 6.45) is 1.23. The maximum Gasteiger partial charge on any atom is 0.318 e. The number of rotatable bonds is 3. The topological polar surface area (TPSA) is 147 Å². The minimum atomic E-state index is -0.814. The lowest BCUT2D eigenvalue weighted by molar-refractivity contribution is -0.122. The lowest BCUT2D eigenvalue weighted by atomic mass is 9.83. The van der Waals surface area contributed by atoms with Gasteiger partial charge in [0.05, 0.1) is 5.56 Å². The van der Waals surface area contributed by atoms with Crippen molar-refractivity contribution in [1.29, 1.82) is 0 Å². The van der Waals surface area contributed by atoms with Crippen LogP contribution in [0, 0.1) is 0 Å². The number of hydrogen-bond donors (Lipinski definition) is 4. The highest BCUT2D eigenvalue weighted by Gasteiger charge is 2.33. The number of carbonyl (C=O) groups excluding carboxylic acids is 4. The van der Waals surface area contributed by atoms with Gasteiger partial charge in [-0.25, -0.2) is 4.79 Å². The van der Waals surface area contributed by atoms with E-state index in [-0.39, 0.29) is 28.4 Å². The van der Waals surface area contributed by atoms with Crippen molar-refractivity contribution < 1.29 is 29.4 Å². The molecule has 0 heterocycles. The van der Waals surface area contributed by atoms with Gasteiger partial charge >= 0.3 is 6.03 Å². The summed E-state index contributed by atoms with van der Waals surface area (Å²) in [6, 6.07) is 8.16. The number of phenolic OH excluding ortho intramolecular Hbond substituents is 2. The van der Waals surface area contributed by atoms with Gasteiger partial charge in [-0.05, 0) is 25.0 Å². The Labute approximate surface area is 181 Å². The van der Waals surface area contributed by atoms with Gasteiger partial charge in [-0.1, -0.05) is 54.0 Å². The molecule has 0 atom stereocenters. The highest BCUT2D eigenvalue weighted by atomic mass is 79.9. The SMILES string of the molecule is CCC(Br)(CC)C(=O)NC(N)=O.O=C1c2ccccc2C(=O)c2c1ccc(O)c2O. The van der Waals surface area contributed by atoms with Crippen molar-refractivity contribution in [2.24, 2.45) is 5.73 Å². The van der Waals surface area contributed by atoms with Crippen molar-refractivity contribution in [3.8, 4) is 11.5 Å². The molecule has 5 N–H and O–H groups in total. The third kappa shape index (κ3) is 4.35. The largest absolute Gasteiger partial charge is 0.504 e. The summed E-state index contributed by atoms with van der Waals surface area (Å²) in [5, 5.41) is 21.2. The van der Waals surface area contributed by atoms with E-state index in [1.165, 1.54) is 18.2 Å². The molecule has 9 heteroatoms. The molecule has 1 aliphatic carbocycles. The lowest BCUT2D eigenvalue weighted by Gasteiger charge is -2.21. The molecule has 0 radical (unpaired) electrons. The third-order valence-corrected chi connectivity index (χ3v) is 6.29. The second kappa shape index (κ2) is 9.08. The van der Waals surface area contributed by atoms with Crippen LogP contribution in [0.1, 0.15) is 58.5 Å².